The molecule has 1 aromatic carbocycles. The maximum absolute atomic E-state index is 6.37. The van der Waals surface area contributed by atoms with Gasteiger partial charge in [0.15, 0.2) is 0 Å². The summed E-state index contributed by atoms with van der Waals surface area (Å²) in [5, 5.41) is 4.20. The van der Waals surface area contributed by atoms with Crippen molar-refractivity contribution >= 4 is 27.5 Å². The number of hydrogen-bond donors (Lipinski definition) is 1. The van der Waals surface area contributed by atoms with Crippen LogP contribution in [0.15, 0.2) is 22.7 Å². The lowest BCUT2D eigenvalue weighted by Gasteiger charge is -2.36. The van der Waals surface area contributed by atoms with Crippen molar-refractivity contribution in [2.24, 2.45) is 0 Å². The second kappa shape index (κ2) is 7.93. The Bertz CT molecular complexity index is 462. The fourth-order valence-corrected chi connectivity index (χ4v) is 3.82. The Kier molecular flexibility index (Phi) is 6.51. The average molecular weight is 376 g/mol. The third kappa shape index (κ3) is 4.93. The van der Waals surface area contributed by atoms with Gasteiger partial charge in [0.25, 0.3) is 0 Å². The van der Waals surface area contributed by atoms with Crippen LogP contribution in [0.3, 0.4) is 0 Å². The van der Waals surface area contributed by atoms with Gasteiger partial charge in [0.2, 0.25) is 0 Å². The molecule has 0 aliphatic carbocycles. The minimum absolute atomic E-state index is 0.277. The second-order valence-electron chi connectivity index (χ2n) is 5.81. The Morgan fingerprint density at radius 1 is 1.38 bits per heavy atom. The van der Waals surface area contributed by atoms with E-state index in [1.54, 1.807) is 0 Å². The zero-order valence-electron chi connectivity index (χ0n) is 12.9. The maximum Gasteiger partial charge on any atom is 0.0678 e. The molecule has 1 heterocycles. The van der Waals surface area contributed by atoms with Gasteiger partial charge in [0, 0.05) is 35.2 Å². The van der Waals surface area contributed by atoms with Crippen LogP contribution >= 0.6 is 27.5 Å². The first kappa shape index (κ1) is 17.2. The van der Waals surface area contributed by atoms with Gasteiger partial charge in [-0.05, 0) is 45.0 Å². The molecule has 5 heteroatoms. The van der Waals surface area contributed by atoms with Crippen molar-refractivity contribution in [2.45, 2.75) is 38.5 Å². The lowest BCUT2D eigenvalue weighted by molar-refractivity contribution is -0.0685. The first-order valence-electron chi connectivity index (χ1n) is 7.49. The quantitative estimate of drug-likeness (QED) is 0.845. The minimum Gasteiger partial charge on any atom is -0.373 e. The summed E-state index contributed by atoms with van der Waals surface area (Å²) in [6.07, 6.45) is 1.67. The number of benzene rings is 1. The number of rotatable bonds is 5. The third-order valence-corrected chi connectivity index (χ3v) is 4.74. The fourth-order valence-electron chi connectivity index (χ4n) is 3.02. The molecule has 1 saturated heterocycles. The summed E-state index contributed by atoms with van der Waals surface area (Å²) in [7, 11) is 1.99. The minimum atomic E-state index is 0.277. The van der Waals surface area contributed by atoms with Crippen molar-refractivity contribution in [1.29, 1.82) is 0 Å². The van der Waals surface area contributed by atoms with Crippen molar-refractivity contribution in [3.8, 4) is 0 Å². The van der Waals surface area contributed by atoms with E-state index in [2.05, 4.69) is 46.1 Å². The van der Waals surface area contributed by atoms with Gasteiger partial charge < -0.3 is 10.1 Å². The predicted molar refractivity (Wildman–Crippen MR) is 92.0 cm³/mol. The largest absolute Gasteiger partial charge is 0.373 e. The topological polar surface area (TPSA) is 24.5 Å². The highest BCUT2D eigenvalue weighted by molar-refractivity contribution is 9.10. The highest BCUT2D eigenvalue weighted by Crippen LogP contribution is 2.28. The molecule has 21 heavy (non-hydrogen) atoms. The van der Waals surface area contributed by atoms with Gasteiger partial charge in [-0.25, -0.2) is 0 Å². The fraction of sp³-hybridized carbons (Fsp3) is 0.625. The third-order valence-electron chi connectivity index (χ3n) is 3.92. The van der Waals surface area contributed by atoms with Crippen LogP contribution in [0.25, 0.3) is 0 Å². The Hall–Kier alpha value is -0.130. The Balaban J connectivity index is 1.96. The zero-order chi connectivity index (χ0) is 15.4. The van der Waals surface area contributed by atoms with Crippen molar-refractivity contribution < 1.29 is 4.74 Å². The Morgan fingerprint density at radius 2 is 2.05 bits per heavy atom. The van der Waals surface area contributed by atoms with Gasteiger partial charge in [-0.3, -0.25) is 4.90 Å². The molecule has 0 saturated carbocycles. The molecule has 1 fully saturated rings. The molecule has 1 aromatic rings. The van der Waals surface area contributed by atoms with Crippen LogP contribution in [0.2, 0.25) is 5.02 Å². The van der Waals surface area contributed by atoms with E-state index in [9.17, 15) is 0 Å². The Morgan fingerprint density at radius 3 is 2.62 bits per heavy atom. The number of ether oxygens (including phenoxy) is 1. The van der Waals surface area contributed by atoms with E-state index >= 15 is 0 Å². The molecule has 0 bridgehead atoms. The smallest absolute Gasteiger partial charge is 0.0678 e. The molecular weight excluding hydrogens is 352 g/mol. The van der Waals surface area contributed by atoms with Crippen LogP contribution < -0.4 is 5.32 Å². The molecule has 0 spiro atoms. The predicted octanol–water partition coefficient (Wildman–Crippen LogP) is 3.86. The van der Waals surface area contributed by atoms with Crippen molar-refractivity contribution in [3.05, 3.63) is 33.3 Å². The van der Waals surface area contributed by atoms with E-state index in [0.717, 1.165) is 41.1 Å². The summed E-state index contributed by atoms with van der Waals surface area (Å²) in [6, 6.07) is 6.38. The second-order valence-corrected chi connectivity index (χ2v) is 7.14. The molecule has 0 aromatic heterocycles. The van der Waals surface area contributed by atoms with E-state index in [1.165, 1.54) is 0 Å². The van der Waals surface area contributed by atoms with Crippen LogP contribution in [0, 0.1) is 0 Å². The first-order valence-corrected chi connectivity index (χ1v) is 8.66. The maximum atomic E-state index is 6.37. The number of morpholine rings is 1. The SMILES string of the molecule is CNC(CCN1CC(C)OC(C)C1)c1ccc(Br)cc1Cl. The zero-order valence-corrected chi connectivity index (χ0v) is 15.2. The Labute approximate surface area is 141 Å². The van der Waals surface area contributed by atoms with Crippen LogP contribution in [0.1, 0.15) is 31.9 Å². The molecule has 3 atom stereocenters. The van der Waals surface area contributed by atoms with Gasteiger partial charge >= 0.3 is 0 Å². The number of hydrogen-bond acceptors (Lipinski definition) is 3. The van der Waals surface area contributed by atoms with E-state index in [-0.39, 0.29) is 6.04 Å². The summed E-state index contributed by atoms with van der Waals surface area (Å²) in [5.74, 6) is 0. The van der Waals surface area contributed by atoms with Gasteiger partial charge in [-0.1, -0.05) is 33.6 Å². The summed E-state index contributed by atoms with van der Waals surface area (Å²) in [6.45, 7) is 7.35. The van der Waals surface area contributed by atoms with Gasteiger partial charge in [0.1, 0.15) is 0 Å². The summed E-state index contributed by atoms with van der Waals surface area (Å²) in [4.78, 5) is 2.48. The number of nitrogens with zero attached hydrogens (tertiary/aromatic N) is 1. The van der Waals surface area contributed by atoms with Crippen LogP contribution in [0.5, 0.6) is 0 Å². The molecular formula is C16H24BrClN2O. The lowest BCUT2D eigenvalue weighted by Crippen LogP contribution is -2.46. The summed E-state index contributed by atoms with van der Waals surface area (Å²) >= 11 is 9.82. The summed E-state index contributed by atoms with van der Waals surface area (Å²) < 4.78 is 6.80. The van der Waals surface area contributed by atoms with Gasteiger partial charge in [0.05, 0.1) is 12.2 Å². The normalized spacial score (nSPS) is 25.0. The first-order chi connectivity index (χ1) is 9.99. The van der Waals surface area contributed by atoms with Crippen molar-refractivity contribution in [2.75, 3.05) is 26.7 Å². The van der Waals surface area contributed by atoms with E-state index in [0.29, 0.717) is 12.2 Å². The van der Waals surface area contributed by atoms with E-state index < -0.39 is 0 Å². The van der Waals surface area contributed by atoms with Gasteiger partial charge in [-0.2, -0.15) is 0 Å². The molecule has 3 nitrogen and oxygen atoms in total. The summed E-state index contributed by atoms with van der Waals surface area (Å²) in [5.41, 5.74) is 1.16. The number of nitrogens with one attached hydrogen (secondary N) is 1. The molecule has 3 unspecified atom stereocenters. The van der Waals surface area contributed by atoms with Gasteiger partial charge in [-0.15, -0.1) is 0 Å². The molecule has 2 rings (SSSR count). The highest BCUT2D eigenvalue weighted by Gasteiger charge is 2.23. The van der Waals surface area contributed by atoms with Crippen molar-refractivity contribution in [1.82, 2.24) is 10.2 Å². The average Bonchev–Trinajstić information content (AvgIpc) is 2.40. The van der Waals surface area contributed by atoms with Crippen LogP contribution in [-0.2, 0) is 4.74 Å². The van der Waals surface area contributed by atoms with Crippen LogP contribution in [0.4, 0.5) is 0 Å². The molecule has 1 aliphatic heterocycles. The van der Waals surface area contributed by atoms with Crippen molar-refractivity contribution in [3.63, 3.8) is 0 Å². The molecule has 0 radical (unpaired) electrons. The molecule has 1 N–H and O–H groups in total. The van der Waals surface area contributed by atoms with E-state index in [1.807, 2.05) is 19.2 Å². The van der Waals surface area contributed by atoms with Crippen LogP contribution in [-0.4, -0.2) is 43.8 Å². The molecule has 1 aliphatic rings. The molecule has 118 valence electrons. The lowest BCUT2D eigenvalue weighted by atomic mass is 10.0. The molecule has 0 amide bonds. The monoisotopic (exact) mass is 374 g/mol. The van der Waals surface area contributed by atoms with E-state index in [4.69, 9.17) is 16.3 Å². The highest BCUT2D eigenvalue weighted by atomic mass is 79.9. The number of halogens is 2. The standard InChI is InChI=1S/C16H24BrClN2O/c1-11-9-20(10-12(2)21-11)7-6-16(19-3)14-5-4-13(17)8-15(14)18/h4-5,8,11-12,16,19H,6-7,9-10H2,1-3H3.